The van der Waals surface area contributed by atoms with Crippen LogP contribution in [0.4, 0.5) is 0 Å². The number of hydrogen-bond donors (Lipinski definition) is 1. The van der Waals surface area contributed by atoms with Crippen LogP contribution in [0.1, 0.15) is 49.1 Å². The van der Waals surface area contributed by atoms with E-state index in [9.17, 15) is 4.79 Å². The van der Waals surface area contributed by atoms with Crippen LogP contribution in [-0.2, 0) is 11.3 Å². The summed E-state index contributed by atoms with van der Waals surface area (Å²) in [6.45, 7) is 8.32. The smallest absolute Gasteiger partial charge is 0.372 e. The van der Waals surface area contributed by atoms with Gasteiger partial charge in [-0.25, -0.2) is 4.79 Å². The summed E-state index contributed by atoms with van der Waals surface area (Å²) in [5.41, 5.74) is 0.632. The zero-order chi connectivity index (χ0) is 13.0. The Labute approximate surface area is 102 Å². The summed E-state index contributed by atoms with van der Waals surface area (Å²) in [4.78, 5) is 10.8. The maximum absolute atomic E-state index is 10.8. The second kappa shape index (κ2) is 5.87. The molecular weight excluding hydrogens is 220 g/mol. The third-order valence-corrected chi connectivity index (χ3v) is 2.48. The van der Waals surface area contributed by atoms with Crippen LogP contribution in [0.25, 0.3) is 0 Å². The highest BCUT2D eigenvalue weighted by Crippen LogP contribution is 2.17. The van der Waals surface area contributed by atoms with Crippen molar-refractivity contribution in [3.63, 3.8) is 0 Å². The zero-order valence-electron chi connectivity index (χ0n) is 10.8. The molecular formula is C13H20O4. The van der Waals surface area contributed by atoms with E-state index in [-0.39, 0.29) is 11.9 Å². The first-order valence-corrected chi connectivity index (χ1v) is 5.84. The molecule has 0 saturated carbocycles. The van der Waals surface area contributed by atoms with E-state index in [0.717, 1.165) is 6.42 Å². The van der Waals surface area contributed by atoms with Crippen LogP contribution in [0.5, 0.6) is 0 Å². The average Bonchev–Trinajstić information content (AvgIpc) is 2.56. The Morgan fingerprint density at radius 1 is 1.47 bits per heavy atom. The number of carbonyl (C=O) groups is 1. The van der Waals surface area contributed by atoms with Gasteiger partial charge in [0.2, 0.25) is 5.76 Å². The maximum Gasteiger partial charge on any atom is 0.372 e. The summed E-state index contributed by atoms with van der Waals surface area (Å²) in [6.07, 6.45) is 1.12. The Morgan fingerprint density at radius 3 is 2.59 bits per heavy atom. The molecule has 1 unspecified atom stereocenters. The van der Waals surface area contributed by atoms with Crippen LogP contribution in [-0.4, -0.2) is 17.2 Å². The lowest BCUT2D eigenvalue weighted by atomic mass is 10.1. The predicted molar refractivity (Wildman–Crippen MR) is 64.1 cm³/mol. The quantitative estimate of drug-likeness (QED) is 0.829. The molecule has 1 N–H and O–H groups in total. The van der Waals surface area contributed by atoms with Crippen LogP contribution >= 0.6 is 0 Å². The second-order valence-corrected chi connectivity index (χ2v) is 4.78. The molecule has 0 bridgehead atoms. The number of hydrogen-bond acceptors (Lipinski definition) is 3. The van der Waals surface area contributed by atoms with Gasteiger partial charge in [0.05, 0.1) is 6.10 Å². The first-order valence-electron chi connectivity index (χ1n) is 5.84. The normalized spacial score (nSPS) is 13.0. The van der Waals surface area contributed by atoms with Crippen LogP contribution in [0.2, 0.25) is 0 Å². The van der Waals surface area contributed by atoms with Crippen molar-refractivity contribution in [1.29, 1.82) is 0 Å². The fourth-order valence-electron chi connectivity index (χ4n) is 1.79. The molecule has 0 aliphatic rings. The van der Waals surface area contributed by atoms with Crippen molar-refractivity contribution in [1.82, 2.24) is 0 Å². The molecule has 1 atom stereocenters. The predicted octanol–water partition coefficient (Wildman–Crippen LogP) is 3.24. The van der Waals surface area contributed by atoms with E-state index in [0.29, 0.717) is 23.8 Å². The molecule has 1 aromatic rings. The van der Waals surface area contributed by atoms with Crippen molar-refractivity contribution in [2.45, 2.75) is 46.8 Å². The molecule has 4 heteroatoms. The Morgan fingerprint density at radius 2 is 2.12 bits per heavy atom. The largest absolute Gasteiger partial charge is 0.475 e. The minimum Gasteiger partial charge on any atom is -0.475 e. The lowest BCUT2D eigenvalue weighted by Crippen LogP contribution is -2.10. The number of furan rings is 1. The summed E-state index contributed by atoms with van der Waals surface area (Å²) in [5.74, 6) is 0.109. The molecule has 0 aliphatic heterocycles. The molecule has 1 rings (SSSR count). The van der Waals surface area contributed by atoms with E-state index in [1.165, 1.54) is 0 Å². The standard InChI is InChI=1S/C13H20O4/c1-8(2)5-10(4)16-7-11-6-9(3)12(17-11)13(14)15/h6,8,10H,5,7H2,1-4H3,(H,14,15). The van der Waals surface area contributed by atoms with E-state index < -0.39 is 5.97 Å². The number of ether oxygens (including phenoxy) is 1. The van der Waals surface area contributed by atoms with Crippen molar-refractivity contribution in [2.24, 2.45) is 5.92 Å². The summed E-state index contributed by atoms with van der Waals surface area (Å²) < 4.78 is 10.8. The van der Waals surface area contributed by atoms with E-state index in [2.05, 4.69) is 13.8 Å². The lowest BCUT2D eigenvalue weighted by Gasteiger charge is -2.13. The second-order valence-electron chi connectivity index (χ2n) is 4.78. The molecule has 0 aliphatic carbocycles. The molecule has 0 spiro atoms. The summed E-state index contributed by atoms with van der Waals surface area (Å²) in [6, 6.07) is 1.71. The molecule has 4 nitrogen and oxygen atoms in total. The minimum absolute atomic E-state index is 0.000104. The fourth-order valence-corrected chi connectivity index (χ4v) is 1.79. The van der Waals surface area contributed by atoms with Gasteiger partial charge in [0.15, 0.2) is 0 Å². The van der Waals surface area contributed by atoms with E-state index in [1.807, 2.05) is 6.92 Å². The Kier molecular flexibility index (Phi) is 4.75. The SMILES string of the molecule is Cc1cc(COC(C)CC(C)C)oc1C(=O)O. The van der Waals surface area contributed by atoms with Gasteiger partial charge in [0, 0.05) is 5.56 Å². The highest BCUT2D eigenvalue weighted by atomic mass is 16.5. The molecule has 1 heterocycles. The molecule has 0 aromatic carbocycles. The Balaban J connectivity index is 2.52. The minimum atomic E-state index is -1.04. The van der Waals surface area contributed by atoms with Crippen LogP contribution < -0.4 is 0 Å². The fraction of sp³-hybridized carbons (Fsp3) is 0.615. The van der Waals surface area contributed by atoms with Crippen molar-refractivity contribution in [2.75, 3.05) is 0 Å². The third kappa shape index (κ3) is 4.23. The van der Waals surface area contributed by atoms with Gasteiger partial charge in [-0.15, -0.1) is 0 Å². The summed E-state index contributed by atoms with van der Waals surface area (Å²) in [5, 5.41) is 8.84. The van der Waals surface area contributed by atoms with E-state index in [4.69, 9.17) is 14.3 Å². The molecule has 0 saturated heterocycles. The van der Waals surface area contributed by atoms with Crippen molar-refractivity contribution < 1.29 is 19.1 Å². The van der Waals surface area contributed by atoms with Gasteiger partial charge in [-0.05, 0) is 32.3 Å². The number of carboxylic acids is 1. The van der Waals surface area contributed by atoms with Crippen LogP contribution in [0.3, 0.4) is 0 Å². The van der Waals surface area contributed by atoms with Gasteiger partial charge in [-0.1, -0.05) is 13.8 Å². The molecule has 0 radical (unpaired) electrons. The highest BCUT2D eigenvalue weighted by Gasteiger charge is 2.15. The molecule has 1 aromatic heterocycles. The van der Waals surface area contributed by atoms with Gasteiger partial charge in [-0.2, -0.15) is 0 Å². The molecule has 0 fully saturated rings. The highest BCUT2D eigenvalue weighted by molar-refractivity contribution is 5.86. The van der Waals surface area contributed by atoms with Crippen LogP contribution in [0.15, 0.2) is 10.5 Å². The van der Waals surface area contributed by atoms with Gasteiger partial charge < -0.3 is 14.3 Å². The van der Waals surface area contributed by atoms with Crippen molar-refractivity contribution in [3.05, 3.63) is 23.2 Å². The molecule has 17 heavy (non-hydrogen) atoms. The van der Waals surface area contributed by atoms with Crippen molar-refractivity contribution in [3.8, 4) is 0 Å². The Hall–Kier alpha value is -1.29. The lowest BCUT2D eigenvalue weighted by molar-refractivity contribution is 0.0292. The zero-order valence-corrected chi connectivity index (χ0v) is 10.8. The van der Waals surface area contributed by atoms with Gasteiger partial charge in [-0.3, -0.25) is 0 Å². The van der Waals surface area contributed by atoms with Gasteiger partial charge in [0.25, 0.3) is 0 Å². The van der Waals surface area contributed by atoms with Gasteiger partial charge in [0.1, 0.15) is 12.4 Å². The summed E-state index contributed by atoms with van der Waals surface area (Å²) >= 11 is 0. The average molecular weight is 240 g/mol. The van der Waals surface area contributed by atoms with E-state index >= 15 is 0 Å². The maximum atomic E-state index is 10.8. The van der Waals surface area contributed by atoms with E-state index in [1.54, 1.807) is 13.0 Å². The number of carboxylic acid groups (broad SMARTS) is 1. The first kappa shape index (κ1) is 13.8. The van der Waals surface area contributed by atoms with Gasteiger partial charge >= 0.3 is 5.97 Å². The number of aryl methyl sites for hydroxylation is 1. The third-order valence-electron chi connectivity index (χ3n) is 2.48. The monoisotopic (exact) mass is 240 g/mol. The summed E-state index contributed by atoms with van der Waals surface area (Å²) in [7, 11) is 0. The molecule has 96 valence electrons. The number of aromatic carboxylic acids is 1. The Bertz CT molecular complexity index is 379. The topological polar surface area (TPSA) is 59.7 Å². The number of rotatable bonds is 6. The van der Waals surface area contributed by atoms with Crippen molar-refractivity contribution >= 4 is 5.97 Å². The van der Waals surface area contributed by atoms with Crippen LogP contribution in [0, 0.1) is 12.8 Å². The molecule has 0 amide bonds. The first-order chi connectivity index (χ1) is 7.90.